The van der Waals surface area contributed by atoms with Crippen LogP contribution in [0.25, 0.3) is 0 Å². The van der Waals surface area contributed by atoms with Crippen LogP contribution in [0.3, 0.4) is 0 Å². The fourth-order valence-corrected chi connectivity index (χ4v) is 2.41. The molecule has 1 aliphatic heterocycles. The van der Waals surface area contributed by atoms with Crippen molar-refractivity contribution < 1.29 is 10.2 Å². The Bertz CT molecular complexity index is 378. The van der Waals surface area contributed by atoms with Crippen LogP contribution in [0, 0.1) is 0 Å². The summed E-state index contributed by atoms with van der Waals surface area (Å²) < 4.78 is 0. The molecule has 2 atom stereocenters. The summed E-state index contributed by atoms with van der Waals surface area (Å²) in [5, 5.41) is 22.0. The minimum atomic E-state index is -0.778. The molecular weight excluding hydrogens is 228 g/mol. The molecule has 0 bridgehead atoms. The van der Waals surface area contributed by atoms with E-state index in [1.165, 1.54) is 5.56 Å². The molecule has 0 radical (unpaired) electrons. The van der Waals surface area contributed by atoms with E-state index in [9.17, 15) is 5.11 Å². The zero-order valence-corrected chi connectivity index (χ0v) is 10.8. The number of benzene rings is 1. The normalized spacial score (nSPS) is 20.6. The highest BCUT2D eigenvalue weighted by Gasteiger charge is 2.18. The average Bonchev–Trinajstić information content (AvgIpc) is 2.46. The van der Waals surface area contributed by atoms with Gasteiger partial charge in [-0.05, 0) is 18.1 Å². The Morgan fingerprint density at radius 1 is 1.28 bits per heavy atom. The molecule has 1 aromatic rings. The first kappa shape index (κ1) is 13.5. The van der Waals surface area contributed by atoms with Crippen LogP contribution in [0.4, 0.5) is 0 Å². The maximum absolute atomic E-state index is 9.67. The molecule has 2 rings (SSSR count). The van der Waals surface area contributed by atoms with Crippen LogP contribution >= 0.6 is 0 Å². The Morgan fingerprint density at radius 2 is 1.94 bits per heavy atom. The molecule has 0 aromatic heterocycles. The minimum Gasteiger partial charge on any atom is -0.393 e. The molecule has 3 N–H and O–H groups in total. The van der Waals surface area contributed by atoms with Crippen molar-refractivity contribution in [3.8, 4) is 0 Å². The minimum absolute atomic E-state index is 0.231. The summed E-state index contributed by atoms with van der Waals surface area (Å²) in [6.45, 7) is 6.12. The van der Waals surface area contributed by atoms with Gasteiger partial charge in [0.2, 0.25) is 0 Å². The highest BCUT2D eigenvalue weighted by molar-refractivity contribution is 5.27. The van der Waals surface area contributed by atoms with Crippen LogP contribution in [0.2, 0.25) is 0 Å². The molecule has 1 aliphatic rings. The van der Waals surface area contributed by atoms with Gasteiger partial charge in [-0.1, -0.05) is 24.3 Å². The highest BCUT2D eigenvalue weighted by Crippen LogP contribution is 2.23. The van der Waals surface area contributed by atoms with Gasteiger partial charge in [-0.15, -0.1) is 0 Å². The Balaban J connectivity index is 2.11. The molecule has 0 saturated carbocycles. The largest absolute Gasteiger partial charge is 0.393 e. The van der Waals surface area contributed by atoms with E-state index in [0.717, 1.165) is 31.7 Å². The molecule has 2 unspecified atom stereocenters. The van der Waals surface area contributed by atoms with Crippen LogP contribution in [-0.2, 0) is 0 Å². The predicted molar refractivity (Wildman–Crippen MR) is 71.3 cm³/mol. The molecule has 1 fully saturated rings. The number of aliphatic hydroxyl groups is 2. The summed E-state index contributed by atoms with van der Waals surface area (Å²) in [4.78, 5) is 2.43. The topological polar surface area (TPSA) is 55.7 Å². The summed E-state index contributed by atoms with van der Waals surface area (Å²) in [5.41, 5.74) is 1.99. The fraction of sp³-hybridized carbons (Fsp3) is 0.571. The van der Waals surface area contributed by atoms with Crippen LogP contribution in [0.5, 0.6) is 0 Å². The number of hydrogen-bond donors (Lipinski definition) is 3. The molecule has 4 nitrogen and oxygen atoms in total. The second-order valence-corrected chi connectivity index (χ2v) is 4.83. The van der Waals surface area contributed by atoms with Crippen molar-refractivity contribution in [3.63, 3.8) is 0 Å². The molecule has 100 valence electrons. The summed E-state index contributed by atoms with van der Waals surface area (Å²) in [7, 11) is 0. The van der Waals surface area contributed by atoms with Gasteiger partial charge in [0, 0.05) is 32.2 Å². The summed E-state index contributed by atoms with van der Waals surface area (Å²) in [5.74, 6) is 0. The van der Waals surface area contributed by atoms with Gasteiger partial charge in [0.05, 0.1) is 6.61 Å². The molecule has 0 amide bonds. The van der Waals surface area contributed by atoms with Gasteiger partial charge in [0.15, 0.2) is 0 Å². The van der Waals surface area contributed by atoms with E-state index < -0.39 is 6.10 Å². The third-order valence-electron chi connectivity index (χ3n) is 3.65. The van der Waals surface area contributed by atoms with Gasteiger partial charge in [-0.2, -0.15) is 0 Å². The number of nitrogens with zero attached hydrogens (tertiary/aromatic N) is 1. The van der Waals surface area contributed by atoms with Crippen molar-refractivity contribution >= 4 is 0 Å². The van der Waals surface area contributed by atoms with Crippen molar-refractivity contribution in [2.24, 2.45) is 0 Å². The zero-order valence-electron chi connectivity index (χ0n) is 10.8. The number of nitrogens with one attached hydrogen (secondary N) is 1. The summed E-state index contributed by atoms with van der Waals surface area (Å²) >= 11 is 0. The molecule has 18 heavy (non-hydrogen) atoms. The van der Waals surface area contributed by atoms with Gasteiger partial charge < -0.3 is 15.5 Å². The van der Waals surface area contributed by atoms with E-state index in [0.29, 0.717) is 6.04 Å². The van der Waals surface area contributed by atoms with Crippen LogP contribution in [0.15, 0.2) is 24.3 Å². The molecular formula is C14H22N2O2. The number of aliphatic hydroxyl groups excluding tert-OH is 2. The standard InChI is InChI=1S/C14H22N2O2/c1-11(16-7-5-15-6-8-16)12-3-2-4-13(9-12)14(18)10-17/h2-4,9,11,14-15,17-18H,5-8,10H2,1H3. The number of piperazine rings is 1. The van der Waals surface area contributed by atoms with Crippen molar-refractivity contribution in [3.05, 3.63) is 35.4 Å². The Hall–Kier alpha value is -0.940. The monoisotopic (exact) mass is 250 g/mol. The third-order valence-corrected chi connectivity index (χ3v) is 3.65. The quantitative estimate of drug-likeness (QED) is 0.735. The maximum atomic E-state index is 9.67. The lowest BCUT2D eigenvalue weighted by Crippen LogP contribution is -2.44. The lowest BCUT2D eigenvalue weighted by molar-refractivity contribution is 0.0953. The second kappa shape index (κ2) is 6.29. The molecule has 1 heterocycles. The van der Waals surface area contributed by atoms with E-state index in [1.807, 2.05) is 18.2 Å². The lowest BCUT2D eigenvalue weighted by Gasteiger charge is -2.33. The SMILES string of the molecule is CC(c1cccc(C(O)CO)c1)N1CCNCC1. The molecule has 1 aromatic carbocycles. The molecule has 1 saturated heterocycles. The number of rotatable bonds is 4. The predicted octanol–water partition coefficient (Wildman–Crippen LogP) is 0.678. The average molecular weight is 250 g/mol. The van der Waals surface area contributed by atoms with Crippen LogP contribution in [-0.4, -0.2) is 47.9 Å². The first-order valence-electron chi connectivity index (χ1n) is 6.56. The highest BCUT2D eigenvalue weighted by atomic mass is 16.3. The fourth-order valence-electron chi connectivity index (χ4n) is 2.41. The summed E-state index contributed by atoms with van der Waals surface area (Å²) in [6, 6.07) is 8.23. The molecule has 4 heteroatoms. The van der Waals surface area contributed by atoms with E-state index in [2.05, 4.69) is 23.2 Å². The first-order valence-corrected chi connectivity index (χ1v) is 6.56. The van der Waals surface area contributed by atoms with Crippen molar-refractivity contribution in [1.29, 1.82) is 0 Å². The molecule has 0 aliphatic carbocycles. The summed E-state index contributed by atoms with van der Waals surface area (Å²) in [6.07, 6.45) is -0.778. The van der Waals surface area contributed by atoms with E-state index >= 15 is 0 Å². The van der Waals surface area contributed by atoms with Crippen molar-refractivity contribution in [2.75, 3.05) is 32.8 Å². The Labute approximate surface area is 108 Å². The van der Waals surface area contributed by atoms with Crippen LogP contribution < -0.4 is 5.32 Å². The van der Waals surface area contributed by atoms with Gasteiger partial charge in [0.25, 0.3) is 0 Å². The van der Waals surface area contributed by atoms with Crippen molar-refractivity contribution in [1.82, 2.24) is 10.2 Å². The third kappa shape index (κ3) is 3.09. The van der Waals surface area contributed by atoms with Gasteiger partial charge in [-0.3, -0.25) is 4.90 Å². The maximum Gasteiger partial charge on any atom is 0.102 e. The van der Waals surface area contributed by atoms with Gasteiger partial charge in [0.1, 0.15) is 6.10 Å². The van der Waals surface area contributed by atoms with Crippen molar-refractivity contribution in [2.45, 2.75) is 19.1 Å². The Kier molecular flexibility index (Phi) is 4.72. The van der Waals surface area contributed by atoms with Gasteiger partial charge >= 0.3 is 0 Å². The van der Waals surface area contributed by atoms with E-state index in [1.54, 1.807) is 0 Å². The first-order chi connectivity index (χ1) is 8.72. The smallest absolute Gasteiger partial charge is 0.102 e. The number of hydrogen-bond acceptors (Lipinski definition) is 4. The van der Waals surface area contributed by atoms with Gasteiger partial charge in [-0.25, -0.2) is 0 Å². The molecule has 0 spiro atoms. The Morgan fingerprint density at radius 3 is 2.61 bits per heavy atom. The van der Waals surface area contributed by atoms with Crippen LogP contribution in [0.1, 0.15) is 30.2 Å². The lowest BCUT2D eigenvalue weighted by atomic mass is 10.0. The van der Waals surface area contributed by atoms with E-state index in [-0.39, 0.29) is 6.61 Å². The zero-order chi connectivity index (χ0) is 13.0. The van der Waals surface area contributed by atoms with E-state index in [4.69, 9.17) is 5.11 Å². The second-order valence-electron chi connectivity index (χ2n) is 4.83.